The fourth-order valence-corrected chi connectivity index (χ4v) is 1.85. The number of H-pyrrole nitrogens is 1. The minimum absolute atomic E-state index is 0.655. The predicted octanol–water partition coefficient (Wildman–Crippen LogP) is 2.67. The topological polar surface area (TPSA) is 60.1 Å². The van der Waals surface area contributed by atoms with Gasteiger partial charge < -0.3 is 10.3 Å². The second-order valence-corrected chi connectivity index (χ2v) is 3.82. The molecule has 86 valence electrons. The van der Waals surface area contributed by atoms with E-state index in [1.807, 2.05) is 41.8 Å². The molecule has 17 heavy (non-hydrogen) atoms. The molecule has 0 saturated carbocycles. The van der Waals surface area contributed by atoms with Crippen LogP contribution in [0.25, 0.3) is 22.5 Å². The van der Waals surface area contributed by atoms with Gasteiger partial charge in [-0.3, -0.25) is 5.10 Å². The van der Waals surface area contributed by atoms with E-state index in [-0.39, 0.29) is 0 Å². The molecule has 1 N–H and O–H groups in total. The molecular formula is C12H12N5-. The number of rotatable bonds is 2. The monoisotopic (exact) mass is 226 g/mol. The van der Waals surface area contributed by atoms with Crippen molar-refractivity contribution < 1.29 is 0 Å². The van der Waals surface area contributed by atoms with Crippen molar-refractivity contribution >= 4 is 11.6 Å². The molecule has 0 aliphatic heterocycles. The standard InChI is InChI=1S/C12H12N5/c1-8-10(13-2)14-12-15-11(16-17(8)12)9-6-4-3-5-7-9/h3-7H,1-2H3,(H,14,15,16)/q-1. The van der Waals surface area contributed by atoms with Gasteiger partial charge in [0.1, 0.15) is 5.78 Å². The van der Waals surface area contributed by atoms with Crippen LogP contribution in [0, 0.1) is 6.92 Å². The Morgan fingerprint density at radius 3 is 2.59 bits per heavy atom. The van der Waals surface area contributed by atoms with Crippen molar-refractivity contribution in [3.8, 4) is 11.4 Å². The van der Waals surface area contributed by atoms with E-state index >= 15 is 0 Å². The lowest BCUT2D eigenvalue weighted by molar-refractivity contribution is 0.936. The highest BCUT2D eigenvalue weighted by Gasteiger charge is 2.06. The Bertz CT molecular complexity index is 650. The molecule has 0 aliphatic carbocycles. The zero-order valence-corrected chi connectivity index (χ0v) is 9.68. The van der Waals surface area contributed by atoms with E-state index in [2.05, 4.69) is 20.4 Å². The van der Waals surface area contributed by atoms with E-state index in [4.69, 9.17) is 0 Å². The zero-order valence-electron chi connectivity index (χ0n) is 9.68. The molecule has 0 radical (unpaired) electrons. The molecule has 0 saturated heterocycles. The van der Waals surface area contributed by atoms with Gasteiger partial charge in [0.15, 0.2) is 5.82 Å². The average molecular weight is 226 g/mol. The SMILES string of the molecule is C[N-]c1nc2nc(-c3ccccc3)[nH]n2c1C. The van der Waals surface area contributed by atoms with Crippen LogP contribution in [-0.2, 0) is 0 Å². The van der Waals surface area contributed by atoms with Crippen molar-refractivity contribution in [2.45, 2.75) is 6.92 Å². The van der Waals surface area contributed by atoms with E-state index < -0.39 is 0 Å². The Hall–Kier alpha value is -2.30. The molecule has 2 aromatic heterocycles. The molecule has 5 heteroatoms. The summed E-state index contributed by atoms with van der Waals surface area (Å²) < 4.78 is 1.85. The summed E-state index contributed by atoms with van der Waals surface area (Å²) >= 11 is 0. The van der Waals surface area contributed by atoms with Gasteiger partial charge in [0.05, 0.1) is 0 Å². The van der Waals surface area contributed by atoms with Gasteiger partial charge in [-0.1, -0.05) is 37.4 Å². The summed E-state index contributed by atoms with van der Waals surface area (Å²) in [6.07, 6.45) is 0. The smallest absolute Gasteiger partial charge is 0.154 e. The molecular weight excluding hydrogens is 214 g/mol. The number of nitrogens with zero attached hydrogens (tertiary/aromatic N) is 4. The van der Waals surface area contributed by atoms with Gasteiger partial charge in [-0.2, -0.15) is 0 Å². The Kier molecular flexibility index (Phi) is 2.11. The first-order chi connectivity index (χ1) is 8.29. The van der Waals surface area contributed by atoms with Gasteiger partial charge in [-0.05, 0) is 12.7 Å². The molecule has 0 spiro atoms. The maximum atomic E-state index is 4.45. The summed E-state index contributed by atoms with van der Waals surface area (Å²) in [6, 6.07) is 9.98. The van der Waals surface area contributed by atoms with Crippen LogP contribution in [0.1, 0.15) is 5.69 Å². The molecule has 1 aromatic carbocycles. The minimum atomic E-state index is 0.655. The third-order valence-electron chi connectivity index (χ3n) is 2.75. The number of aromatic nitrogens is 4. The molecule has 0 bridgehead atoms. The minimum Gasteiger partial charge on any atom is -0.467 e. The quantitative estimate of drug-likeness (QED) is 0.730. The van der Waals surface area contributed by atoms with Gasteiger partial charge in [-0.15, -0.1) is 0 Å². The van der Waals surface area contributed by atoms with Crippen LogP contribution >= 0.6 is 0 Å². The highest BCUT2D eigenvalue weighted by Crippen LogP contribution is 2.23. The first-order valence-electron chi connectivity index (χ1n) is 5.40. The lowest BCUT2D eigenvalue weighted by Gasteiger charge is -2.04. The predicted molar refractivity (Wildman–Crippen MR) is 66.5 cm³/mol. The first kappa shape index (κ1) is 9.89. The van der Waals surface area contributed by atoms with Crippen molar-refractivity contribution in [3.63, 3.8) is 0 Å². The Morgan fingerprint density at radius 2 is 1.94 bits per heavy atom. The summed E-state index contributed by atoms with van der Waals surface area (Å²) in [7, 11) is 1.73. The summed E-state index contributed by atoms with van der Waals surface area (Å²) in [5.41, 5.74) is 2.02. The van der Waals surface area contributed by atoms with Gasteiger partial charge in [0.2, 0.25) is 0 Å². The van der Waals surface area contributed by atoms with E-state index in [1.54, 1.807) is 7.05 Å². The Labute approximate surface area is 98.5 Å². The molecule has 0 atom stereocenters. The third kappa shape index (κ3) is 1.47. The molecule has 0 aliphatic rings. The van der Waals surface area contributed by atoms with Crippen LogP contribution in [-0.4, -0.2) is 26.6 Å². The molecule has 3 aromatic rings. The number of hydrogen-bond donors (Lipinski definition) is 1. The normalized spacial score (nSPS) is 10.9. The fraction of sp³-hybridized carbons (Fsp3) is 0.167. The van der Waals surface area contributed by atoms with Crippen molar-refractivity contribution in [3.05, 3.63) is 41.3 Å². The van der Waals surface area contributed by atoms with Crippen molar-refractivity contribution in [2.24, 2.45) is 0 Å². The van der Waals surface area contributed by atoms with E-state index in [1.165, 1.54) is 0 Å². The van der Waals surface area contributed by atoms with Gasteiger partial charge in [0.25, 0.3) is 0 Å². The van der Waals surface area contributed by atoms with Crippen LogP contribution in [0.2, 0.25) is 0 Å². The Morgan fingerprint density at radius 1 is 1.18 bits per heavy atom. The molecule has 0 amide bonds. The molecule has 0 fully saturated rings. The van der Waals surface area contributed by atoms with Crippen LogP contribution in [0.3, 0.4) is 0 Å². The van der Waals surface area contributed by atoms with Crippen LogP contribution in [0.5, 0.6) is 0 Å². The molecule has 0 unspecified atom stereocenters. The van der Waals surface area contributed by atoms with Gasteiger partial charge >= 0.3 is 0 Å². The van der Waals surface area contributed by atoms with E-state index in [0.717, 1.165) is 22.9 Å². The summed E-state index contributed by atoms with van der Waals surface area (Å²) in [6.45, 7) is 1.97. The summed E-state index contributed by atoms with van der Waals surface area (Å²) in [5, 5.41) is 7.31. The molecule has 5 nitrogen and oxygen atoms in total. The van der Waals surface area contributed by atoms with Crippen molar-refractivity contribution in [1.82, 2.24) is 19.6 Å². The number of aryl methyl sites for hydroxylation is 1. The Balaban J connectivity index is 2.15. The third-order valence-corrected chi connectivity index (χ3v) is 2.75. The maximum Gasteiger partial charge on any atom is 0.154 e. The second-order valence-electron chi connectivity index (χ2n) is 3.82. The van der Waals surface area contributed by atoms with E-state index in [9.17, 15) is 0 Å². The van der Waals surface area contributed by atoms with Gasteiger partial charge in [0, 0.05) is 11.3 Å². The number of nitrogens with one attached hydrogen (secondary N) is 1. The number of fused-ring (bicyclic) bond motifs is 1. The molecule has 3 rings (SSSR count). The summed E-state index contributed by atoms with van der Waals surface area (Å²) in [5.74, 6) is 2.20. The van der Waals surface area contributed by atoms with Crippen molar-refractivity contribution in [2.75, 3.05) is 7.05 Å². The number of benzene rings is 1. The lowest BCUT2D eigenvalue weighted by Crippen LogP contribution is -1.87. The first-order valence-corrected chi connectivity index (χ1v) is 5.40. The lowest BCUT2D eigenvalue weighted by atomic mass is 10.2. The highest BCUT2D eigenvalue weighted by molar-refractivity contribution is 5.60. The number of hydrogen-bond acceptors (Lipinski definition) is 2. The average Bonchev–Trinajstić information content (AvgIpc) is 2.90. The summed E-state index contributed by atoms with van der Waals surface area (Å²) in [4.78, 5) is 8.78. The van der Waals surface area contributed by atoms with Crippen LogP contribution in [0.15, 0.2) is 30.3 Å². The van der Waals surface area contributed by atoms with Crippen LogP contribution < -0.4 is 0 Å². The van der Waals surface area contributed by atoms with Crippen LogP contribution in [0.4, 0.5) is 5.82 Å². The second kappa shape index (κ2) is 3.62. The largest absolute Gasteiger partial charge is 0.467 e. The highest BCUT2D eigenvalue weighted by atomic mass is 15.4. The fourth-order valence-electron chi connectivity index (χ4n) is 1.85. The number of imidazole rings is 1. The number of aromatic amines is 1. The maximum absolute atomic E-state index is 4.45. The zero-order chi connectivity index (χ0) is 11.8. The van der Waals surface area contributed by atoms with E-state index in [0.29, 0.717) is 5.78 Å². The van der Waals surface area contributed by atoms with Gasteiger partial charge in [-0.25, -0.2) is 9.50 Å². The van der Waals surface area contributed by atoms with Crippen molar-refractivity contribution in [1.29, 1.82) is 0 Å². The molecule has 2 heterocycles.